The summed E-state index contributed by atoms with van der Waals surface area (Å²) in [5, 5.41) is 0. The quantitative estimate of drug-likeness (QED) is 0.855. The summed E-state index contributed by atoms with van der Waals surface area (Å²) in [7, 11) is 4.16. The number of aromatic nitrogens is 2. The van der Waals surface area contributed by atoms with Crippen LogP contribution in [0.15, 0.2) is 12.4 Å². The van der Waals surface area contributed by atoms with Crippen LogP contribution in [-0.4, -0.2) is 76.9 Å². The number of H-pyrrole nitrogens is 1. The molecule has 0 saturated carbocycles. The fourth-order valence-corrected chi connectivity index (χ4v) is 4.22. The van der Waals surface area contributed by atoms with E-state index in [0.717, 1.165) is 57.8 Å². The molecule has 0 aliphatic carbocycles. The lowest BCUT2D eigenvalue weighted by Gasteiger charge is -2.36. The number of imidazole rings is 1. The lowest BCUT2D eigenvalue weighted by atomic mass is 9.93. The summed E-state index contributed by atoms with van der Waals surface area (Å²) in [6, 6.07) is 0.436. The second-order valence-corrected chi connectivity index (χ2v) is 7.86. The van der Waals surface area contributed by atoms with Gasteiger partial charge < -0.3 is 14.8 Å². The molecule has 1 N–H and O–H groups in total. The monoisotopic (exact) mass is 347 g/mol. The predicted molar refractivity (Wildman–Crippen MR) is 99.1 cm³/mol. The summed E-state index contributed by atoms with van der Waals surface area (Å²) < 4.78 is 0. The van der Waals surface area contributed by atoms with E-state index in [-0.39, 0.29) is 0 Å². The second kappa shape index (κ2) is 8.81. The van der Waals surface area contributed by atoms with Gasteiger partial charge in [-0.15, -0.1) is 0 Å². The number of nitrogens with zero attached hydrogens (tertiary/aromatic N) is 4. The molecule has 0 spiro atoms. The van der Waals surface area contributed by atoms with Crippen molar-refractivity contribution in [2.75, 3.05) is 40.3 Å². The zero-order chi connectivity index (χ0) is 17.6. The highest BCUT2D eigenvalue weighted by Crippen LogP contribution is 2.23. The molecule has 1 aromatic rings. The molecule has 0 radical (unpaired) electrons. The van der Waals surface area contributed by atoms with Gasteiger partial charge in [0.2, 0.25) is 5.91 Å². The molecule has 1 atom stereocenters. The van der Waals surface area contributed by atoms with Gasteiger partial charge in [0.25, 0.3) is 0 Å². The van der Waals surface area contributed by atoms with Crippen molar-refractivity contribution in [1.29, 1.82) is 0 Å². The van der Waals surface area contributed by atoms with E-state index < -0.39 is 0 Å². The summed E-state index contributed by atoms with van der Waals surface area (Å²) in [6.07, 6.45) is 10.1. The Kier molecular flexibility index (Phi) is 6.48. The van der Waals surface area contributed by atoms with Crippen LogP contribution < -0.4 is 0 Å². The third-order valence-electron chi connectivity index (χ3n) is 5.93. The van der Waals surface area contributed by atoms with Gasteiger partial charge in [-0.3, -0.25) is 9.69 Å². The van der Waals surface area contributed by atoms with Crippen LogP contribution in [0.3, 0.4) is 0 Å². The maximum absolute atomic E-state index is 12.6. The number of rotatable bonds is 6. The smallest absolute Gasteiger partial charge is 0.222 e. The molecule has 0 aromatic carbocycles. The molecular weight excluding hydrogens is 314 g/mol. The van der Waals surface area contributed by atoms with Crippen molar-refractivity contribution in [3.05, 3.63) is 18.2 Å². The zero-order valence-electron chi connectivity index (χ0n) is 15.8. The molecular formula is C19H33N5O. The summed E-state index contributed by atoms with van der Waals surface area (Å²) in [5.41, 5.74) is 0. The van der Waals surface area contributed by atoms with Gasteiger partial charge in [0.1, 0.15) is 5.82 Å². The zero-order valence-corrected chi connectivity index (χ0v) is 15.8. The molecule has 3 heterocycles. The predicted octanol–water partition coefficient (Wildman–Crippen LogP) is 1.95. The normalized spacial score (nSPS) is 23.7. The Morgan fingerprint density at radius 3 is 2.84 bits per heavy atom. The first-order valence-electron chi connectivity index (χ1n) is 9.76. The highest BCUT2D eigenvalue weighted by molar-refractivity contribution is 5.76. The Hall–Kier alpha value is -1.40. The number of hydrogen-bond acceptors (Lipinski definition) is 4. The van der Waals surface area contributed by atoms with Gasteiger partial charge in [0.05, 0.1) is 6.54 Å². The Morgan fingerprint density at radius 1 is 1.32 bits per heavy atom. The van der Waals surface area contributed by atoms with E-state index in [1.54, 1.807) is 0 Å². The van der Waals surface area contributed by atoms with Gasteiger partial charge in [0, 0.05) is 38.4 Å². The lowest BCUT2D eigenvalue weighted by molar-refractivity contribution is -0.133. The largest absolute Gasteiger partial charge is 0.348 e. The number of amides is 1. The van der Waals surface area contributed by atoms with Gasteiger partial charge >= 0.3 is 0 Å². The maximum Gasteiger partial charge on any atom is 0.222 e. The first kappa shape index (κ1) is 18.4. The number of hydrogen-bond donors (Lipinski definition) is 1. The van der Waals surface area contributed by atoms with E-state index in [2.05, 4.69) is 26.8 Å². The van der Waals surface area contributed by atoms with Gasteiger partial charge in [-0.1, -0.05) is 0 Å². The van der Waals surface area contributed by atoms with Crippen molar-refractivity contribution >= 4 is 5.91 Å². The molecule has 2 aliphatic rings. The molecule has 3 rings (SSSR count). The molecule has 1 unspecified atom stereocenters. The number of carbonyl (C=O) groups excluding carboxylic acids is 1. The van der Waals surface area contributed by atoms with Crippen molar-refractivity contribution < 1.29 is 4.79 Å². The van der Waals surface area contributed by atoms with E-state index in [1.165, 1.54) is 12.8 Å². The van der Waals surface area contributed by atoms with Gasteiger partial charge in [0.15, 0.2) is 0 Å². The van der Waals surface area contributed by atoms with Crippen molar-refractivity contribution in [3.63, 3.8) is 0 Å². The first-order chi connectivity index (χ1) is 12.1. The van der Waals surface area contributed by atoms with E-state index in [9.17, 15) is 4.79 Å². The minimum Gasteiger partial charge on any atom is -0.348 e. The summed E-state index contributed by atoms with van der Waals surface area (Å²) in [4.78, 5) is 26.9. The Labute approximate surface area is 151 Å². The Morgan fingerprint density at radius 2 is 2.12 bits per heavy atom. The minimum absolute atomic E-state index is 0.331. The number of aromatic amines is 1. The average Bonchev–Trinajstić information content (AvgIpc) is 3.13. The summed E-state index contributed by atoms with van der Waals surface area (Å²) in [6.45, 7) is 5.33. The molecule has 0 bridgehead atoms. The molecule has 1 aromatic heterocycles. The fourth-order valence-electron chi connectivity index (χ4n) is 4.22. The SMILES string of the molecule is CN1CCC(N(C)C(=O)CCC2CCCN(Cc3ncc[nH]3)C2)CC1. The number of carbonyl (C=O) groups is 1. The fraction of sp³-hybridized carbons (Fsp3) is 0.789. The third kappa shape index (κ3) is 5.28. The molecule has 140 valence electrons. The molecule has 2 saturated heterocycles. The molecule has 25 heavy (non-hydrogen) atoms. The van der Waals surface area contributed by atoms with Crippen molar-refractivity contribution in [1.82, 2.24) is 24.7 Å². The summed E-state index contributed by atoms with van der Waals surface area (Å²) >= 11 is 0. The summed E-state index contributed by atoms with van der Waals surface area (Å²) in [5.74, 6) is 2.01. The van der Waals surface area contributed by atoms with E-state index >= 15 is 0 Å². The minimum atomic E-state index is 0.331. The van der Waals surface area contributed by atoms with Crippen LogP contribution in [0.2, 0.25) is 0 Å². The van der Waals surface area contributed by atoms with Gasteiger partial charge in [-0.2, -0.15) is 0 Å². The van der Waals surface area contributed by atoms with Crippen LogP contribution in [-0.2, 0) is 11.3 Å². The maximum atomic E-state index is 12.6. The average molecular weight is 348 g/mol. The van der Waals surface area contributed by atoms with Crippen molar-refractivity contribution in [2.24, 2.45) is 5.92 Å². The molecule has 2 fully saturated rings. The first-order valence-corrected chi connectivity index (χ1v) is 9.76. The molecule has 6 nitrogen and oxygen atoms in total. The Bertz CT molecular complexity index is 524. The number of nitrogens with one attached hydrogen (secondary N) is 1. The van der Waals surface area contributed by atoms with E-state index in [0.29, 0.717) is 24.3 Å². The highest BCUT2D eigenvalue weighted by Gasteiger charge is 2.25. The van der Waals surface area contributed by atoms with Crippen LogP contribution in [0.5, 0.6) is 0 Å². The number of likely N-dealkylation sites (tertiary alicyclic amines) is 2. The molecule has 2 aliphatic heterocycles. The topological polar surface area (TPSA) is 55.5 Å². The highest BCUT2D eigenvalue weighted by atomic mass is 16.2. The van der Waals surface area contributed by atoms with Crippen LogP contribution in [0.1, 0.15) is 44.3 Å². The third-order valence-corrected chi connectivity index (χ3v) is 5.93. The van der Waals surface area contributed by atoms with Crippen LogP contribution >= 0.6 is 0 Å². The van der Waals surface area contributed by atoms with Crippen LogP contribution in [0, 0.1) is 5.92 Å². The second-order valence-electron chi connectivity index (χ2n) is 7.86. The van der Waals surface area contributed by atoms with Gasteiger partial charge in [-0.05, 0) is 64.7 Å². The van der Waals surface area contributed by atoms with Crippen molar-refractivity contribution in [3.8, 4) is 0 Å². The lowest BCUT2D eigenvalue weighted by Crippen LogP contribution is -2.44. The van der Waals surface area contributed by atoms with Crippen LogP contribution in [0.25, 0.3) is 0 Å². The van der Waals surface area contributed by atoms with Crippen LogP contribution in [0.4, 0.5) is 0 Å². The molecule has 6 heteroatoms. The number of piperidine rings is 2. The van der Waals surface area contributed by atoms with E-state index in [4.69, 9.17) is 0 Å². The Balaban J connectivity index is 1.40. The van der Waals surface area contributed by atoms with Gasteiger partial charge in [-0.25, -0.2) is 4.98 Å². The molecule has 1 amide bonds. The van der Waals surface area contributed by atoms with E-state index in [1.807, 2.05) is 24.3 Å². The standard InChI is InChI=1S/C19H33N5O/c1-22-12-7-17(8-13-22)23(2)19(25)6-5-16-4-3-11-24(14-16)15-18-20-9-10-21-18/h9-10,16-17H,3-8,11-15H2,1-2H3,(H,20,21). The van der Waals surface area contributed by atoms with Crippen molar-refractivity contribution in [2.45, 2.75) is 51.1 Å².